The van der Waals surface area contributed by atoms with Gasteiger partial charge in [0, 0.05) is 18.7 Å². The second kappa shape index (κ2) is 10.3. The van der Waals surface area contributed by atoms with Gasteiger partial charge in [-0.1, -0.05) is 23.3 Å². The molecule has 1 saturated heterocycles. The molecule has 2 heterocycles. The van der Waals surface area contributed by atoms with E-state index >= 15 is 0 Å². The number of terminal acetylenes is 1. The molecule has 0 saturated carbocycles. The summed E-state index contributed by atoms with van der Waals surface area (Å²) >= 11 is 1.34. The van der Waals surface area contributed by atoms with Gasteiger partial charge in [-0.2, -0.15) is 9.30 Å². The third-order valence-corrected chi connectivity index (χ3v) is 8.43. The van der Waals surface area contributed by atoms with Crippen LogP contribution in [-0.2, 0) is 21.3 Å². The fourth-order valence-electron chi connectivity index (χ4n) is 4.09. The maximum absolute atomic E-state index is 13.1. The summed E-state index contributed by atoms with van der Waals surface area (Å²) in [7, 11) is -3.70. The number of amides is 1. The zero-order chi connectivity index (χ0) is 25.2. The minimum Gasteiger partial charge on any atom is -0.492 e. The Labute approximate surface area is 208 Å². The highest BCUT2D eigenvalue weighted by atomic mass is 32.2. The van der Waals surface area contributed by atoms with Gasteiger partial charge in [0.2, 0.25) is 10.0 Å². The number of para-hydroxylation sites is 1. The van der Waals surface area contributed by atoms with E-state index in [1.807, 2.05) is 39.0 Å². The van der Waals surface area contributed by atoms with Crippen LogP contribution in [0, 0.1) is 12.3 Å². The standard InChI is InChI=1S/C25H27N3O5S2/c1-5-14-28-23-21(32-6-2)8-7-9-22(23)34-25(28)26-24(29)19-10-12-20(13-11-19)35(30,31)27-15-17(3)33-18(4)16-27/h1,7-13,17-18H,6,14-16H2,2-4H3/t17-,18-/m1/s1. The molecule has 1 aliphatic rings. The van der Waals surface area contributed by atoms with Gasteiger partial charge in [-0.3, -0.25) is 4.79 Å². The first-order chi connectivity index (χ1) is 16.7. The molecule has 1 aliphatic heterocycles. The molecule has 0 aliphatic carbocycles. The number of thiazole rings is 1. The second-order valence-corrected chi connectivity index (χ2v) is 11.2. The topological polar surface area (TPSA) is 90.2 Å². The summed E-state index contributed by atoms with van der Waals surface area (Å²) in [6.07, 6.45) is 5.20. The Bertz CT molecular complexity index is 1440. The highest BCUT2D eigenvalue weighted by Crippen LogP contribution is 2.28. The SMILES string of the molecule is C#CCn1c(=NC(=O)c2ccc(S(=O)(=O)N3C[C@@H](C)O[C@H](C)C3)cc2)sc2cccc(OCC)c21. The van der Waals surface area contributed by atoms with Crippen molar-refractivity contribution in [2.24, 2.45) is 4.99 Å². The molecule has 0 bridgehead atoms. The Balaban J connectivity index is 1.66. The third-order valence-electron chi connectivity index (χ3n) is 5.54. The van der Waals surface area contributed by atoms with Crippen molar-refractivity contribution in [1.29, 1.82) is 0 Å². The molecule has 0 radical (unpaired) electrons. The molecule has 35 heavy (non-hydrogen) atoms. The number of carbonyl (C=O) groups excluding carboxylic acids is 1. The number of carbonyl (C=O) groups is 1. The first kappa shape index (κ1) is 25.1. The van der Waals surface area contributed by atoms with Crippen molar-refractivity contribution in [3.63, 3.8) is 0 Å². The van der Waals surface area contributed by atoms with E-state index in [9.17, 15) is 13.2 Å². The first-order valence-electron chi connectivity index (χ1n) is 11.3. The van der Waals surface area contributed by atoms with Gasteiger partial charge in [0.25, 0.3) is 5.91 Å². The Morgan fingerprint density at radius 1 is 1.20 bits per heavy atom. The molecule has 1 fully saturated rings. The zero-order valence-corrected chi connectivity index (χ0v) is 21.4. The van der Waals surface area contributed by atoms with E-state index in [0.717, 1.165) is 10.2 Å². The number of benzene rings is 2. The van der Waals surface area contributed by atoms with Crippen LogP contribution >= 0.6 is 11.3 Å². The molecule has 3 aromatic rings. The summed E-state index contributed by atoms with van der Waals surface area (Å²) in [5.74, 6) is 2.79. The minimum atomic E-state index is -3.70. The molecule has 8 nitrogen and oxygen atoms in total. The maximum atomic E-state index is 13.1. The number of sulfonamides is 1. The van der Waals surface area contributed by atoms with Crippen LogP contribution in [0.3, 0.4) is 0 Å². The van der Waals surface area contributed by atoms with E-state index in [1.54, 1.807) is 4.57 Å². The fraction of sp³-hybridized carbons (Fsp3) is 0.360. The first-order valence-corrected chi connectivity index (χ1v) is 13.5. The van der Waals surface area contributed by atoms with Crippen LogP contribution in [0.1, 0.15) is 31.1 Å². The molecular formula is C25H27N3O5S2. The van der Waals surface area contributed by atoms with Crippen molar-refractivity contribution in [1.82, 2.24) is 8.87 Å². The van der Waals surface area contributed by atoms with E-state index in [0.29, 0.717) is 17.2 Å². The molecule has 0 N–H and O–H groups in total. The average molecular weight is 514 g/mol. The van der Waals surface area contributed by atoms with E-state index < -0.39 is 15.9 Å². The van der Waals surface area contributed by atoms with Crippen LogP contribution in [-0.4, -0.2) is 55.1 Å². The lowest BCUT2D eigenvalue weighted by Gasteiger charge is -2.34. The van der Waals surface area contributed by atoms with Gasteiger partial charge in [-0.05, 0) is 57.2 Å². The van der Waals surface area contributed by atoms with Crippen molar-refractivity contribution < 1.29 is 22.7 Å². The van der Waals surface area contributed by atoms with Gasteiger partial charge in [-0.25, -0.2) is 8.42 Å². The van der Waals surface area contributed by atoms with Crippen molar-refractivity contribution in [2.45, 2.75) is 44.4 Å². The summed E-state index contributed by atoms with van der Waals surface area (Å²) in [6.45, 7) is 6.88. The van der Waals surface area contributed by atoms with Crippen molar-refractivity contribution in [2.75, 3.05) is 19.7 Å². The lowest BCUT2D eigenvalue weighted by molar-refractivity contribution is -0.0440. The molecule has 2 aromatic carbocycles. The molecule has 0 spiro atoms. The Morgan fingerprint density at radius 3 is 2.51 bits per heavy atom. The quantitative estimate of drug-likeness (QED) is 0.472. The number of ether oxygens (including phenoxy) is 2. The van der Waals surface area contributed by atoms with Gasteiger partial charge < -0.3 is 14.0 Å². The molecule has 0 unspecified atom stereocenters. The van der Waals surface area contributed by atoms with Crippen LogP contribution in [0.15, 0.2) is 52.4 Å². The summed E-state index contributed by atoms with van der Waals surface area (Å²) in [5.41, 5.74) is 1.07. The molecule has 1 amide bonds. The van der Waals surface area contributed by atoms with Crippen LogP contribution < -0.4 is 9.54 Å². The van der Waals surface area contributed by atoms with Crippen LogP contribution in [0.25, 0.3) is 10.2 Å². The molecular weight excluding hydrogens is 486 g/mol. The number of fused-ring (bicyclic) bond motifs is 1. The Hall–Kier alpha value is -2.97. The van der Waals surface area contributed by atoms with Gasteiger partial charge >= 0.3 is 0 Å². The highest BCUT2D eigenvalue weighted by molar-refractivity contribution is 7.89. The number of rotatable bonds is 6. The number of nitrogens with zero attached hydrogens (tertiary/aromatic N) is 3. The van der Waals surface area contributed by atoms with Crippen LogP contribution in [0.5, 0.6) is 5.75 Å². The van der Waals surface area contributed by atoms with E-state index in [4.69, 9.17) is 15.9 Å². The summed E-state index contributed by atoms with van der Waals surface area (Å²) < 4.78 is 41.6. The summed E-state index contributed by atoms with van der Waals surface area (Å²) in [6, 6.07) is 11.5. The normalized spacial score (nSPS) is 19.5. The molecule has 1 aromatic heterocycles. The fourth-order valence-corrected chi connectivity index (χ4v) is 6.73. The number of hydrogen-bond acceptors (Lipinski definition) is 6. The van der Waals surface area contributed by atoms with Gasteiger partial charge in [0.05, 0.1) is 35.0 Å². The predicted molar refractivity (Wildman–Crippen MR) is 135 cm³/mol. The van der Waals surface area contributed by atoms with E-state index in [2.05, 4.69) is 10.9 Å². The van der Waals surface area contributed by atoms with Crippen LogP contribution in [0.4, 0.5) is 0 Å². The van der Waals surface area contributed by atoms with Crippen molar-refractivity contribution >= 4 is 37.5 Å². The maximum Gasteiger partial charge on any atom is 0.279 e. The number of aromatic nitrogens is 1. The molecule has 4 rings (SSSR count). The van der Waals surface area contributed by atoms with Gasteiger partial charge in [0.15, 0.2) is 4.80 Å². The third kappa shape index (κ3) is 5.18. The Kier molecular flexibility index (Phi) is 7.42. The monoisotopic (exact) mass is 513 g/mol. The molecule has 10 heteroatoms. The smallest absolute Gasteiger partial charge is 0.279 e. The van der Waals surface area contributed by atoms with Gasteiger partial charge in [0.1, 0.15) is 11.3 Å². The Morgan fingerprint density at radius 2 is 1.89 bits per heavy atom. The summed E-state index contributed by atoms with van der Waals surface area (Å²) in [5, 5.41) is 0. The van der Waals surface area contributed by atoms with Gasteiger partial charge in [-0.15, -0.1) is 6.42 Å². The number of hydrogen-bond donors (Lipinski definition) is 0. The van der Waals surface area contributed by atoms with E-state index in [1.165, 1.54) is 39.9 Å². The molecule has 184 valence electrons. The second-order valence-electron chi connectivity index (χ2n) is 8.23. The average Bonchev–Trinajstić information content (AvgIpc) is 3.17. The lowest BCUT2D eigenvalue weighted by Crippen LogP contribution is -2.48. The summed E-state index contributed by atoms with van der Waals surface area (Å²) in [4.78, 5) is 17.9. The lowest BCUT2D eigenvalue weighted by atomic mass is 10.2. The molecule has 2 atom stereocenters. The largest absolute Gasteiger partial charge is 0.492 e. The van der Waals surface area contributed by atoms with Crippen LogP contribution in [0.2, 0.25) is 0 Å². The van der Waals surface area contributed by atoms with Crippen molar-refractivity contribution in [3.8, 4) is 18.1 Å². The minimum absolute atomic E-state index is 0.126. The highest BCUT2D eigenvalue weighted by Gasteiger charge is 2.32. The number of morpholine rings is 1. The zero-order valence-electron chi connectivity index (χ0n) is 19.8. The predicted octanol–water partition coefficient (Wildman–Crippen LogP) is 3.27. The van der Waals surface area contributed by atoms with Crippen molar-refractivity contribution in [3.05, 3.63) is 52.8 Å². The van der Waals surface area contributed by atoms with E-state index in [-0.39, 0.29) is 42.3 Å².